The van der Waals surface area contributed by atoms with Crippen LogP contribution < -0.4 is 19.5 Å². The third kappa shape index (κ3) is 4.12. The van der Waals surface area contributed by atoms with E-state index in [0.717, 1.165) is 5.56 Å². The van der Waals surface area contributed by atoms with Gasteiger partial charge in [0, 0.05) is 11.8 Å². The number of hydrogen-bond acceptors (Lipinski definition) is 10. The zero-order valence-corrected chi connectivity index (χ0v) is 19.6. The number of aromatic nitrogens is 2. The lowest BCUT2D eigenvalue weighted by Gasteiger charge is -2.19. The van der Waals surface area contributed by atoms with E-state index in [-0.39, 0.29) is 29.9 Å². The van der Waals surface area contributed by atoms with Crippen LogP contribution in [0.15, 0.2) is 59.6 Å². The Bertz CT molecular complexity index is 1460. The maximum absolute atomic E-state index is 12.9. The molecule has 4 atom stereocenters. The second kappa shape index (κ2) is 9.03. The summed E-state index contributed by atoms with van der Waals surface area (Å²) in [6.07, 6.45) is 0.756. The average Bonchev–Trinajstić information content (AvgIpc) is 3.62. The fourth-order valence-corrected chi connectivity index (χ4v) is 5.98. The lowest BCUT2D eigenvalue weighted by molar-refractivity contribution is 0.0690. The van der Waals surface area contributed by atoms with Crippen LogP contribution in [0.5, 0.6) is 11.5 Å². The van der Waals surface area contributed by atoms with Gasteiger partial charge in [0.1, 0.15) is 18.3 Å². The van der Waals surface area contributed by atoms with Gasteiger partial charge < -0.3 is 24.3 Å². The van der Waals surface area contributed by atoms with Crippen LogP contribution in [0, 0.1) is 11.3 Å². The Hall–Kier alpha value is -3.76. The van der Waals surface area contributed by atoms with E-state index in [0.29, 0.717) is 29.7 Å². The van der Waals surface area contributed by atoms with Crippen molar-refractivity contribution in [2.75, 3.05) is 25.3 Å². The van der Waals surface area contributed by atoms with Gasteiger partial charge in [-0.25, -0.2) is 23.1 Å². The van der Waals surface area contributed by atoms with E-state index in [9.17, 15) is 13.7 Å². The summed E-state index contributed by atoms with van der Waals surface area (Å²) in [4.78, 5) is 8.86. The second-order valence-corrected chi connectivity index (χ2v) is 10.2. The first kappa shape index (κ1) is 22.7. The highest BCUT2D eigenvalue weighted by molar-refractivity contribution is 7.89. The zero-order valence-electron chi connectivity index (χ0n) is 18.8. The highest BCUT2D eigenvalue weighted by Crippen LogP contribution is 2.36. The molecule has 2 saturated heterocycles. The molecule has 6 rings (SSSR count). The van der Waals surface area contributed by atoms with Crippen LogP contribution in [-0.2, 0) is 19.5 Å². The van der Waals surface area contributed by atoms with Crippen molar-refractivity contribution < 1.29 is 27.4 Å². The molecule has 3 aliphatic rings. The van der Waals surface area contributed by atoms with Crippen molar-refractivity contribution in [1.29, 1.82) is 5.26 Å². The smallest absolute Gasteiger partial charge is 0.242 e. The second-order valence-electron chi connectivity index (χ2n) is 8.52. The van der Waals surface area contributed by atoms with Gasteiger partial charge in [-0.15, -0.1) is 0 Å². The van der Waals surface area contributed by atoms with Gasteiger partial charge in [-0.1, -0.05) is 12.1 Å². The number of nitrogens with one attached hydrogen (secondary N) is 2. The Kier molecular flexibility index (Phi) is 5.69. The summed E-state index contributed by atoms with van der Waals surface area (Å²) < 4.78 is 51.2. The molecule has 12 heteroatoms. The van der Waals surface area contributed by atoms with E-state index >= 15 is 0 Å². The highest BCUT2D eigenvalue weighted by Gasteiger charge is 2.49. The Morgan fingerprint density at radius 2 is 1.75 bits per heavy atom. The molecule has 4 heterocycles. The lowest BCUT2D eigenvalue weighted by atomic mass is 10.1. The average molecular weight is 508 g/mol. The fraction of sp³-hybridized carbons (Fsp3) is 0.292. The minimum Gasteiger partial charge on any atom is -0.454 e. The normalized spacial score (nSPS) is 24.3. The van der Waals surface area contributed by atoms with Crippen LogP contribution in [0.2, 0.25) is 0 Å². The predicted molar refractivity (Wildman–Crippen MR) is 126 cm³/mol. The number of rotatable bonds is 6. The van der Waals surface area contributed by atoms with Crippen LogP contribution in [0.25, 0.3) is 11.3 Å². The Morgan fingerprint density at radius 1 is 0.972 bits per heavy atom. The molecule has 2 aromatic carbocycles. The number of benzene rings is 2. The summed E-state index contributed by atoms with van der Waals surface area (Å²) in [6.45, 7) is 0.626. The summed E-state index contributed by atoms with van der Waals surface area (Å²) in [5.41, 5.74) is 1.64. The molecule has 2 N–H and O–H groups in total. The van der Waals surface area contributed by atoms with Gasteiger partial charge in [-0.3, -0.25) is 0 Å². The summed E-state index contributed by atoms with van der Waals surface area (Å²) in [5.74, 6) is 1.76. The SMILES string of the molecule is N#Cc1ccccc1S(=O)(=O)N[C@H]1CO[C@H]2[C@@H]1OC[C@@H]2Nc1nccc(-c2ccc3c(c2)OCO3)n1. The van der Waals surface area contributed by atoms with E-state index < -0.39 is 28.3 Å². The Morgan fingerprint density at radius 3 is 2.61 bits per heavy atom. The standard InChI is InChI=1S/C24H21N5O6S/c25-10-15-3-1-2-4-21(15)36(30,31)29-18-12-33-22-17(11-32-23(18)22)28-24-26-8-7-16(27-24)14-5-6-19-20(9-14)35-13-34-19/h1-9,17-18,22-23,29H,11-13H2,(H,26,27,28)/t17-,18-,22+,23+/m0/s1. The van der Waals surface area contributed by atoms with Gasteiger partial charge in [0.15, 0.2) is 11.5 Å². The van der Waals surface area contributed by atoms with Gasteiger partial charge in [0.05, 0.1) is 41.5 Å². The number of anilines is 1. The third-order valence-electron chi connectivity index (χ3n) is 6.30. The molecule has 3 aromatic rings. The van der Waals surface area contributed by atoms with Crippen LogP contribution >= 0.6 is 0 Å². The first-order valence-corrected chi connectivity index (χ1v) is 12.7. The molecule has 184 valence electrons. The maximum atomic E-state index is 12.9. The number of nitriles is 1. The predicted octanol–water partition coefficient (Wildman–Crippen LogP) is 1.67. The molecular formula is C24H21N5O6S. The van der Waals surface area contributed by atoms with Crippen molar-refractivity contribution in [2.45, 2.75) is 29.2 Å². The van der Waals surface area contributed by atoms with Gasteiger partial charge in [0.2, 0.25) is 22.8 Å². The lowest BCUT2D eigenvalue weighted by Crippen LogP contribution is -2.44. The Balaban J connectivity index is 1.15. The molecule has 0 radical (unpaired) electrons. The van der Waals surface area contributed by atoms with E-state index in [4.69, 9.17) is 18.9 Å². The van der Waals surface area contributed by atoms with E-state index in [1.165, 1.54) is 12.1 Å². The number of nitrogens with zero attached hydrogens (tertiary/aromatic N) is 3. The number of sulfonamides is 1. The maximum Gasteiger partial charge on any atom is 0.242 e. The zero-order chi connectivity index (χ0) is 24.7. The summed E-state index contributed by atoms with van der Waals surface area (Å²) in [6, 6.07) is 14.5. The molecule has 3 aliphatic heterocycles. The first-order valence-electron chi connectivity index (χ1n) is 11.3. The highest BCUT2D eigenvalue weighted by atomic mass is 32.2. The van der Waals surface area contributed by atoms with Crippen LogP contribution in [0.1, 0.15) is 5.56 Å². The topological polar surface area (TPSA) is 145 Å². The van der Waals surface area contributed by atoms with Gasteiger partial charge in [0.25, 0.3) is 0 Å². The molecular weight excluding hydrogens is 486 g/mol. The van der Waals surface area contributed by atoms with Gasteiger partial charge >= 0.3 is 0 Å². The third-order valence-corrected chi connectivity index (χ3v) is 7.84. The number of fused-ring (bicyclic) bond motifs is 2. The largest absolute Gasteiger partial charge is 0.454 e. The molecule has 0 bridgehead atoms. The van der Waals surface area contributed by atoms with Gasteiger partial charge in [-0.05, 0) is 36.4 Å². The molecule has 0 saturated carbocycles. The quantitative estimate of drug-likeness (QED) is 0.505. The van der Waals surface area contributed by atoms with Crippen LogP contribution in [-0.4, -0.2) is 62.7 Å². The molecule has 1 aromatic heterocycles. The Labute approximate surface area is 207 Å². The molecule has 0 aliphatic carbocycles. The van der Waals surface area contributed by atoms with Crippen molar-refractivity contribution in [2.24, 2.45) is 0 Å². The summed E-state index contributed by atoms with van der Waals surface area (Å²) in [7, 11) is -3.94. The molecule has 36 heavy (non-hydrogen) atoms. The van der Waals surface area contributed by atoms with Crippen molar-refractivity contribution in [1.82, 2.24) is 14.7 Å². The molecule has 2 fully saturated rings. The van der Waals surface area contributed by atoms with Gasteiger partial charge in [-0.2, -0.15) is 5.26 Å². The van der Waals surface area contributed by atoms with E-state index in [1.54, 1.807) is 24.4 Å². The van der Waals surface area contributed by atoms with Crippen molar-refractivity contribution in [3.05, 3.63) is 60.3 Å². The molecule has 0 amide bonds. The van der Waals surface area contributed by atoms with Crippen LogP contribution in [0.3, 0.4) is 0 Å². The molecule has 11 nitrogen and oxygen atoms in total. The minimum atomic E-state index is -3.94. The van der Waals surface area contributed by atoms with E-state index in [2.05, 4.69) is 20.0 Å². The summed E-state index contributed by atoms with van der Waals surface area (Å²) in [5, 5.41) is 12.5. The molecule has 0 unspecified atom stereocenters. The van der Waals surface area contributed by atoms with Crippen LogP contribution in [0.4, 0.5) is 5.95 Å². The monoisotopic (exact) mass is 507 g/mol. The van der Waals surface area contributed by atoms with Crippen molar-refractivity contribution in [3.63, 3.8) is 0 Å². The number of hydrogen-bond donors (Lipinski definition) is 2. The minimum absolute atomic E-state index is 0.0719. The summed E-state index contributed by atoms with van der Waals surface area (Å²) >= 11 is 0. The van der Waals surface area contributed by atoms with Crippen molar-refractivity contribution >= 4 is 16.0 Å². The fourth-order valence-electron chi connectivity index (χ4n) is 4.59. The molecule has 0 spiro atoms. The van der Waals surface area contributed by atoms with Crippen molar-refractivity contribution in [3.8, 4) is 28.8 Å². The first-order chi connectivity index (χ1) is 17.5. The van der Waals surface area contributed by atoms with E-state index in [1.807, 2.05) is 24.3 Å². The number of ether oxygens (including phenoxy) is 4.